The number of carbonyl (C=O) groups is 2. The molecular weight excluding hydrogens is 368 g/mol. The Balaban J connectivity index is 1.31. The lowest BCUT2D eigenvalue weighted by Gasteiger charge is -2.32. The van der Waals surface area contributed by atoms with Crippen molar-refractivity contribution in [1.82, 2.24) is 10.2 Å². The number of hydrogen-bond acceptors (Lipinski definition) is 4. The van der Waals surface area contributed by atoms with Crippen molar-refractivity contribution < 1.29 is 19.1 Å². The van der Waals surface area contributed by atoms with Gasteiger partial charge in [0.1, 0.15) is 11.5 Å². The van der Waals surface area contributed by atoms with Gasteiger partial charge in [0.05, 0.1) is 7.11 Å². The molecule has 29 heavy (non-hydrogen) atoms. The Hall–Kier alpha value is -3.02. The van der Waals surface area contributed by atoms with Crippen molar-refractivity contribution in [3.63, 3.8) is 0 Å². The highest BCUT2D eigenvalue weighted by molar-refractivity contribution is 5.94. The molecule has 2 aromatic rings. The lowest BCUT2D eigenvalue weighted by atomic mass is 9.93. The second-order valence-electron chi connectivity index (χ2n) is 7.20. The van der Waals surface area contributed by atoms with Crippen LogP contribution >= 0.6 is 0 Å². The summed E-state index contributed by atoms with van der Waals surface area (Å²) in [6.45, 7) is 2.16. The number of rotatable bonds is 8. The second-order valence-corrected chi connectivity index (χ2v) is 7.20. The number of likely N-dealkylation sites (tertiary alicyclic amines) is 1. The zero-order valence-electron chi connectivity index (χ0n) is 16.8. The summed E-state index contributed by atoms with van der Waals surface area (Å²) in [6, 6.07) is 16.6. The van der Waals surface area contributed by atoms with Gasteiger partial charge in [-0.2, -0.15) is 0 Å². The molecule has 1 N–H and O–H groups in total. The van der Waals surface area contributed by atoms with Gasteiger partial charge in [-0.05, 0) is 61.6 Å². The number of nitrogens with zero attached hydrogens (tertiary/aromatic N) is 1. The number of methoxy groups -OCH3 is 1. The molecule has 6 heteroatoms. The maximum Gasteiger partial charge on any atom is 0.257 e. The summed E-state index contributed by atoms with van der Waals surface area (Å²) in [5.41, 5.74) is 0.745. The van der Waals surface area contributed by atoms with Crippen molar-refractivity contribution in [2.24, 2.45) is 5.92 Å². The Labute approximate surface area is 171 Å². The minimum atomic E-state index is -0.127. The van der Waals surface area contributed by atoms with Crippen molar-refractivity contribution in [2.45, 2.75) is 19.3 Å². The fourth-order valence-electron chi connectivity index (χ4n) is 3.48. The van der Waals surface area contributed by atoms with Gasteiger partial charge in [0.25, 0.3) is 11.8 Å². The summed E-state index contributed by atoms with van der Waals surface area (Å²) in [5, 5.41) is 2.91. The van der Waals surface area contributed by atoms with E-state index in [2.05, 4.69) is 5.32 Å². The van der Waals surface area contributed by atoms with E-state index < -0.39 is 0 Å². The lowest BCUT2D eigenvalue weighted by molar-refractivity contribution is -0.123. The quantitative estimate of drug-likeness (QED) is 0.744. The Morgan fingerprint density at radius 3 is 2.31 bits per heavy atom. The minimum absolute atomic E-state index is 0.00362. The van der Waals surface area contributed by atoms with E-state index in [1.807, 2.05) is 35.2 Å². The van der Waals surface area contributed by atoms with E-state index in [1.54, 1.807) is 31.4 Å². The van der Waals surface area contributed by atoms with Crippen molar-refractivity contribution in [1.29, 1.82) is 0 Å². The lowest BCUT2D eigenvalue weighted by Crippen LogP contribution is -2.39. The number of piperidine rings is 1. The predicted molar refractivity (Wildman–Crippen MR) is 111 cm³/mol. The zero-order valence-corrected chi connectivity index (χ0v) is 16.8. The zero-order chi connectivity index (χ0) is 20.5. The summed E-state index contributed by atoms with van der Waals surface area (Å²) in [7, 11) is 1.61. The second kappa shape index (κ2) is 10.5. The number of amides is 2. The molecule has 0 spiro atoms. The van der Waals surface area contributed by atoms with E-state index in [0.29, 0.717) is 18.2 Å². The van der Waals surface area contributed by atoms with E-state index in [1.165, 1.54) is 0 Å². The first-order chi connectivity index (χ1) is 14.2. The van der Waals surface area contributed by atoms with Crippen molar-refractivity contribution in [3.8, 4) is 11.5 Å². The van der Waals surface area contributed by atoms with Gasteiger partial charge >= 0.3 is 0 Å². The number of benzene rings is 2. The molecule has 2 amide bonds. The van der Waals surface area contributed by atoms with Crippen LogP contribution in [-0.4, -0.2) is 50.1 Å². The van der Waals surface area contributed by atoms with E-state index in [-0.39, 0.29) is 18.4 Å². The van der Waals surface area contributed by atoms with Crippen LogP contribution in [0.2, 0.25) is 0 Å². The first-order valence-corrected chi connectivity index (χ1v) is 10.0. The SMILES string of the molecule is COc1ccc(OCC(=O)NCCC2CCN(C(=O)c3ccccc3)CC2)cc1. The highest BCUT2D eigenvalue weighted by atomic mass is 16.5. The molecule has 3 rings (SSSR count). The molecule has 0 unspecified atom stereocenters. The van der Waals surface area contributed by atoms with E-state index >= 15 is 0 Å². The van der Waals surface area contributed by atoms with Crippen LogP contribution in [-0.2, 0) is 4.79 Å². The summed E-state index contributed by atoms with van der Waals surface area (Å²) >= 11 is 0. The van der Waals surface area contributed by atoms with Crippen molar-refractivity contribution in [3.05, 3.63) is 60.2 Å². The van der Waals surface area contributed by atoms with Crippen molar-refractivity contribution in [2.75, 3.05) is 33.4 Å². The summed E-state index contributed by atoms with van der Waals surface area (Å²) in [6.07, 6.45) is 2.86. The molecule has 1 heterocycles. The highest BCUT2D eigenvalue weighted by Gasteiger charge is 2.23. The number of ether oxygens (including phenoxy) is 2. The van der Waals surface area contributed by atoms with Crippen LogP contribution in [0.5, 0.6) is 11.5 Å². The van der Waals surface area contributed by atoms with E-state index in [4.69, 9.17) is 9.47 Å². The van der Waals surface area contributed by atoms with Gasteiger partial charge in [-0.3, -0.25) is 9.59 Å². The molecule has 154 valence electrons. The van der Waals surface area contributed by atoms with Crippen LogP contribution in [0.3, 0.4) is 0 Å². The molecule has 1 aliphatic heterocycles. The molecule has 0 aromatic heterocycles. The molecule has 1 aliphatic rings. The molecule has 0 bridgehead atoms. The van der Waals surface area contributed by atoms with Gasteiger partial charge in [0, 0.05) is 25.2 Å². The smallest absolute Gasteiger partial charge is 0.257 e. The molecule has 0 aliphatic carbocycles. The van der Waals surface area contributed by atoms with Gasteiger partial charge < -0.3 is 19.7 Å². The number of hydrogen-bond donors (Lipinski definition) is 1. The first-order valence-electron chi connectivity index (χ1n) is 10.0. The van der Waals surface area contributed by atoms with Gasteiger partial charge in [0.2, 0.25) is 0 Å². The summed E-state index contributed by atoms with van der Waals surface area (Å²) in [4.78, 5) is 26.4. The summed E-state index contributed by atoms with van der Waals surface area (Å²) in [5.74, 6) is 1.89. The Morgan fingerprint density at radius 2 is 1.66 bits per heavy atom. The first kappa shape index (κ1) is 20.7. The standard InChI is InChI=1S/C23H28N2O4/c1-28-20-7-9-21(10-8-20)29-17-22(26)24-14-11-18-12-15-25(16-13-18)23(27)19-5-3-2-4-6-19/h2-10,18H,11-17H2,1H3,(H,24,26). The van der Waals surface area contributed by atoms with E-state index in [0.717, 1.165) is 43.7 Å². The Bertz CT molecular complexity index is 784. The van der Waals surface area contributed by atoms with Crippen LogP contribution in [0, 0.1) is 5.92 Å². The van der Waals surface area contributed by atoms with Crippen molar-refractivity contribution >= 4 is 11.8 Å². The molecule has 0 saturated carbocycles. The maximum atomic E-state index is 12.5. The molecule has 6 nitrogen and oxygen atoms in total. The molecule has 0 radical (unpaired) electrons. The molecule has 1 fully saturated rings. The third kappa shape index (κ3) is 6.24. The maximum absolute atomic E-state index is 12.5. The van der Waals surface area contributed by atoms with E-state index in [9.17, 15) is 9.59 Å². The topological polar surface area (TPSA) is 67.9 Å². The Morgan fingerprint density at radius 1 is 1.00 bits per heavy atom. The average molecular weight is 396 g/mol. The Kier molecular flexibility index (Phi) is 7.50. The molecule has 0 atom stereocenters. The van der Waals surface area contributed by atoms with Gasteiger partial charge in [-0.25, -0.2) is 0 Å². The summed E-state index contributed by atoms with van der Waals surface area (Å²) < 4.78 is 10.6. The van der Waals surface area contributed by atoms with Crippen LogP contribution < -0.4 is 14.8 Å². The van der Waals surface area contributed by atoms with Gasteiger partial charge in [-0.1, -0.05) is 18.2 Å². The molecule has 1 saturated heterocycles. The third-order valence-electron chi connectivity index (χ3n) is 5.23. The number of carbonyl (C=O) groups excluding carboxylic acids is 2. The largest absolute Gasteiger partial charge is 0.497 e. The van der Waals surface area contributed by atoms with Gasteiger partial charge in [0.15, 0.2) is 6.61 Å². The normalized spacial score (nSPS) is 14.3. The highest BCUT2D eigenvalue weighted by Crippen LogP contribution is 2.21. The average Bonchev–Trinajstić information content (AvgIpc) is 2.78. The third-order valence-corrected chi connectivity index (χ3v) is 5.23. The van der Waals surface area contributed by atoms with Crippen LogP contribution in [0.1, 0.15) is 29.6 Å². The monoisotopic (exact) mass is 396 g/mol. The molecular formula is C23H28N2O4. The molecule has 2 aromatic carbocycles. The number of nitrogens with one attached hydrogen (secondary N) is 1. The fourth-order valence-corrected chi connectivity index (χ4v) is 3.48. The van der Waals surface area contributed by atoms with Crippen LogP contribution in [0.4, 0.5) is 0 Å². The fraction of sp³-hybridized carbons (Fsp3) is 0.391. The van der Waals surface area contributed by atoms with Gasteiger partial charge in [-0.15, -0.1) is 0 Å². The van der Waals surface area contributed by atoms with Crippen LogP contribution in [0.15, 0.2) is 54.6 Å². The minimum Gasteiger partial charge on any atom is -0.497 e. The predicted octanol–water partition coefficient (Wildman–Crippen LogP) is 3.13. The van der Waals surface area contributed by atoms with Crippen LogP contribution in [0.25, 0.3) is 0 Å².